The molecule has 0 aromatic heterocycles. The van der Waals surface area contributed by atoms with Crippen LogP contribution >= 0.6 is 39.1 Å². The first-order valence-corrected chi connectivity index (χ1v) is 5.49. The van der Waals surface area contributed by atoms with Crippen LogP contribution in [0.15, 0.2) is 12.1 Å². The Bertz CT molecular complexity index is 350. The topological polar surface area (TPSA) is 17.1 Å². The molecule has 13 heavy (non-hydrogen) atoms. The van der Waals surface area contributed by atoms with Gasteiger partial charge in [-0.25, -0.2) is 0 Å². The van der Waals surface area contributed by atoms with Crippen molar-refractivity contribution in [3.05, 3.63) is 33.3 Å². The van der Waals surface area contributed by atoms with Crippen LogP contribution in [-0.4, -0.2) is 11.1 Å². The van der Waals surface area contributed by atoms with Crippen LogP contribution in [-0.2, 0) is 0 Å². The van der Waals surface area contributed by atoms with Crippen LogP contribution in [0.2, 0.25) is 10.0 Å². The van der Waals surface area contributed by atoms with Crippen LogP contribution in [0, 0.1) is 6.92 Å². The smallest absolute Gasteiger partial charge is 0.174 e. The molecular weight excluding hydrogens is 275 g/mol. The Balaban J connectivity index is 3.23. The van der Waals surface area contributed by atoms with E-state index >= 15 is 0 Å². The lowest BCUT2D eigenvalue weighted by molar-refractivity contribution is 0.102. The van der Waals surface area contributed by atoms with Crippen molar-refractivity contribution in [3.8, 4) is 0 Å². The summed E-state index contributed by atoms with van der Waals surface area (Å²) < 4.78 is 0. The summed E-state index contributed by atoms with van der Waals surface area (Å²) in [5.74, 6) is -0.0373. The molecule has 0 atom stereocenters. The predicted octanol–water partition coefficient (Wildman–Crippen LogP) is 3.88. The van der Waals surface area contributed by atoms with Gasteiger partial charge in [0.25, 0.3) is 0 Å². The minimum Gasteiger partial charge on any atom is -0.293 e. The van der Waals surface area contributed by atoms with E-state index in [1.165, 1.54) is 0 Å². The highest BCUT2D eigenvalue weighted by Gasteiger charge is 2.10. The molecule has 1 nitrogen and oxygen atoms in total. The lowest BCUT2D eigenvalue weighted by Crippen LogP contribution is -2.01. The van der Waals surface area contributed by atoms with E-state index in [1.54, 1.807) is 12.1 Å². The molecule has 0 heterocycles. The van der Waals surface area contributed by atoms with Crippen molar-refractivity contribution in [2.45, 2.75) is 6.92 Å². The number of halogens is 3. The second-order valence-electron chi connectivity index (χ2n) is 2.64. The fourth-order valence-corrected chi connectivity index (χ4v) is 1.73. The Kier molecular flexibility index (Phi) is 3.77. The number of aryl methyl sites for hydroxylation is 1. The van der Waals surface area contributed by atoms with Gasteiger partial charge in [-0.05, 0) is 24.6 Å². The average molecular weight is 282 g/mol. The molecule has 70 valence electrons. The molecule has 1 aromatic rings. The molecule has 0 fully saturated rings. The normalized spacial score (nSPS) is 10.2. The summed E-state index contributed by atoms with van der Waals surface area (Å²) in [4.78, 5) is 11.3. The number of hydrogen-bond acceptors (Lipinski definition) is 1. The number of hydrogen-bond donors (Lipinski definition) is 0. The fourth-order valence-electron chi connectivity index (χ4n) is 0.943. The first-order valence-electron chi connectivity index (χ1n) is 3.61. The van der Waals surface area contributed by atoms with Gasteiger partial charge in [-0.15, -0.1) is 0 Å². The number of alkyl halides is 1. The first kappa shape index (κ1) is 11.0. The van der Waals surface area contributed by atoms with Gasteiger partial charge in [0, 0.05) is 10.6 Å². The molecular formula is C9H7BrCl2O. The number of Topliss-reactive ketones (excluding diaryl/α,β-unsaturated/α-hetero) is 1. The molecule has 0 bridgehead atoms. The number of carbonyl (C=O) groups is 1. The van der Waals surface area contributed by atoms with Gasteiger partial charge in [-0.2, -0.15) is 0 Å². The van der Waals surface area contributed by atoms with Gasteiger partial charge < -0.3 is 0 Å². The van der Waals surface area contributed by atoms with Gasteiger partial charge in [-0.3, -0.25) is 4.79 Å². The Morgan fingerprint density at radius 1 is 1.38 bits per heavy atom. The van der Waals surface area contributed by atoms with Gasteiger partial charge in [0.2, 0.25) is 0 Å². The first-order chi connectivity index (χ1) is 6.06. The van der Waals surface area contributed by atoms with Crippen LogP contribution in [0.5, 0.6) is 0 Å². The molecule has 0 amide bonds. The highest BCUT2D eigenvalue weighted by molar-refractivity contribution is 9.09. The van der Waals surface area contributed by atoms with E-state index in [-0.39, 0.29) is 11.1 Å². The minimum atomic E-state index is -0.0373. The monoisotopic (exact) mass is 280 g/mol. The number of rotatable bonds is 2. The maximum atomic E-state index is 11.3. The van der Waals surface area contributed by atoms with Gasteiger partial charge in [-0.1, -0.05) is 39.1 Å². The van der Waals surface area contributed by atoms with Crippen molar-refractivity contribution in [2.75, 3.05) is 5.33 Å². The van der Waals surface area contributed by atoms with Gasteiger partial charge in [0.1, 0.15) is 0 Å². The number of carbonyl (C=O) groups excluding carboxylic acids is 1. The fraction of sp³-hybridized carbons (Fsp3) is 0.222. The zero-order chi connectivity index (χ0) is 10.0. The second-order valence-corrected chi connectivity index (χ2v) is 4.01. The molecule has 0 saturated heterocycles. The largest absolute Gasteiger partial charge is 0.293 e. The van der Waals surface area contributed by atoms with Crippen molar-refractivity contribution in [3.63, 3.8) is 0 Å². The summed E-state index contributed by atoms with van der Waals surface area (Å²) in [5.41, 5.74) is 1.37. The maximum Gasteiger partial charge on any atom is 0.174 e. The van der Waals surface area contributed by atoms with E-state index in [9.17, 15) is 4.79 Å². The molecule has 1 aromatic carbocycles. The summed E-state index contributed by atoms with van der Waals surface area (Å²) >= 11 is 14.8. The third-order valence-electron chi connectivity index (χ3n) is 1.67. The quantitative estimate of drug-likeness (QED) is 0.594. The van der Waals surface area contributed by atoms with Crippen molar-refractivity contribution < 1.29 is 4.79 Å². The van der Waals surface area contributed by atoms with E-state index < -0.39 is 0 Å². The Morgan fingerprint density at radius 3 is 2.54 bits per heavy atom. The molecule has 0 aliphatic carbocycles. The lowest BCUT2D eigenvalue weighted by Gasteiger charge is -2.04. The van der Waals surface area contributed by atoms with Crippen LogP contribution in [0.1, 0.15) is 15.9 Å². The third-order valence-corrected chi connectivity index (χ3v) is 2.90. The van der Waals surface area contributed by atoms with Gasteiger partial charge in [0.05, 0.1) is 10.4 Å². The summed E-state index contributed by atoms with van der Waals surface area (Å²) in [7, 11) is 0. The second kappa shape index (κ2) is 4.45. The molecule has 0 saturated carbocycles. The van der Waals surface area contributed by atoms with Crippen LogP contribution in [0.25, 0.3) is 0 Å². The van der Waals surface area contributed by atoms with E-state index in [1.807, 2.05) is 6.92 Å². The van der Waals surface area contributed by atoms with E-state index in [0.717, 1.165) is 5.56 Å². The molecule has 0 unspecified atom stereocenters. The van der Waals surface area contributed by atoms with Crippen molar-refractivity contribution >= 4 is 44.9 Å². The molecule has 0 aliphatic heterocycles. The van der Waals surface area contributed by atoms with Crippen LogP contribution in [0.4, 0.5) is 0 Å². The van der Waals surface area contributed by atoms with E-state index in [4.69, 9.17) is 23.2 Å². The average Bonchev–Trinajstić information content (AvgIpc) is 2.10. The summed E-state index contributed by atoms with van der Waals surface area (Å²) in [5, 5.41) is 1.25. The van der Waals surface area contributed by atoms with Crippen LogP contribution < -0.4 is 0 Å². The third kappa shape index (κ3) is 2.46. The van der Waals surface area contributed by atoms with Crippen molar-refractivity contribution in [1.82, 2.24) is 0 Å². The van der Waals surface area contributed by atoms with Gasteiger partial charge in [0.15, 0.2) is 5.78 Å². The maximum absolute atomic E-state index is 11.3. The molecule has 4 heteroatoms. The summed E-state index contributed by atoms with van der Waals surface area (Å²) in [6.07, 6.45) is 0. The predicted molar refractivity (Wildman–Crippen MR) is 59.3 cm³/mol. The van der Waals surface area contributed by atoms with Crippen LogP contribution in [0.3, 0.4) is 0 Å². The summed E-state index contributed by atoms with van der Waals surface area (Å²) in [6.45, 7) is 1.84. The number of ketones is 1. The zero-order valence-corrected chi connectivity index (χ0v) is 10.0. The Hall–Kier alpha value is -0.0500. The molecule has 0 spiro atoms. The molecule has 0 radical (unpaired) electrons. The van der Waals surface area contributed by atoms with E-state index in [0.29, 0.717) is 15.6 Å². The Labute approximate surface area is 95.2 Å². The molecule has 1 rings (SSSR count). The van der Waals surface area contributed by atoms with Crippen molar-refractivity contribution in [1.29, 1.82) is 0 Å². The summed E-state index contributed by atoms with van der Waals surface area (Å²) in [6, 6.07) is 3.29. The molecule has 0 N–H and O–H groups in total. The Morgan fingerprint density at radius 2 is 2.00 bits per heavy atom. The minimum absolute atomic E-state index is 0.0373. The lowest BCUT2D eigenvalue weighted by atomic mass is 10.1. The standard InChI is InChI=1S/C9H7BrCl2O/c1-5-2-6(9(13)4-10)8(12)3-7(5)11/h2-3H,4H2,1H3. The molecule has 0 aliphatic rings. The number of benzene rings is 1. The zero-order valence-electron chi connectivity index (χ0n) is 6.90. The highest BCUT2D eigenvalue weighted by atomic mass is 79.9. The van der Waals surface area contributed by atoms with E-state index in [2.05, 4.69) is 15.9 Å². The SMILES string of the molecule is Cc1cc(C(=O)CBr)c(Cl)cc1Cl. The van der Waals surface area contributed by atoms with Crippen molar-refractivity contribution in [2.24, 2.45) is 0 Å². The highest BCUT2D eigenvalue weighted by Crippen LogP contribution is 2.25. The van der Waals surface area contributed by atoms with Gasteiger partial charge >= 0.3 is 0 Å².